The Hall–Kier alpha value is -2.67. The Morgan fingerprint density at radius 1 is 1.23 bits per heavy atom. The third kappa shape index (κ3) is 6.00. The van der Waals surface area contributed by atoms with E-state index < -0.39 is 0 Å². The predicted octanol–water partition coefficient (Wildman–Crippen LogP) is 2.80. The average Bonchev–Trinajstić information content (AvgIpc) is 3.02. The Balaban J connectivity index is 2.02. The van der Waals surface area contributed by atoms with Gasteiger partial charge in [0, 0.05) is 31.4 Å². The lowest BCUT2D eigenvalue weighted by atomic mass is 10.1. The highest BCUT2D eigenvalue weighted by molar-refractivity contribution is 5.99. The fraction of sp³-hybridized carbons (Fsp3) is 0.421. The number of hydrogen-bond donors (Lipinski definition) is 1. The minimum atomic E-state index is -0.324. The molecule has 140 valence electrons. The summed E-state index contributed by atoms with van der Waals surface area (Å²) in [5, 5.41) is 6.37. The van der Waals surface area contributed by atoms with E-state index in [2.05, 4.69) is 10.5 Å². The summed E-state index contributed by atoms with van der Waals surface area (Å²) in [6.07, 6.45) is 0.655. The van der Waals surface area contributed by atoms with Crippen molar-refractivity contribution in [1.29, 1.82) is 0 Å². The third-order valence-electron chi connectivity index (χ3n) is 3.74. The van der Waals surface area contributed by atoms with Crippen LogP contribution in [0, 0.1) is 13.8 Å². The molecule has 0 aliphatic rings. The minimum absolute atomic E-state index is 0.0647. The topological polar surface area (TPSA) is 84.7 Å². The molecule has 7 heteroatoms. The molecule has 26 heavy (non-hydrogen) atoms. The van der Waals surface area contributed by atoms with Crippen molar-refractivity contribution in [3.8, 4) is 0 Å². The van der Waals surface area contributed by atoms with Gasteiger partial charge in [-0.3, -0.25) is 9.59 Å². The fourth-order valence-corrected chi connectivity index (χ4v) is 2.41. The number of hydrogen-bond acceptors (Lipinski definition) is 5. The number of ether oxygens (including phenoxy) is 1. The van der Waals surface area contributed by atoms with Crippen LogP contribution >= 0.6 is 0 Å². The van der Waals surface area contributed by atoms with Gasteiger partial charge in [-0.15, -0.1) is 0 Å². The molecule has 0 atom stereocenters. The lowest BCUT2D eigenvalue weighted by molar-refractivity contribution is -0.117. The number of nitrogens with zero attached hydrogens (tertiary/aromatic N) is 2. The predicted molar refractivity (Wildman–Crippen MR) is 98.1 cm³/mol. The van der Waals surface area contributed by atoms with Gasteiger partial charge in [0.25, 0.3) is 5.91 Å². The number of amides is 2. The summed E-state index contributed by atoms with van der Waals surface area (Å²) in [6, 6.07) is 8.92. The Morgan fingerprint density at radius 3 is 2.58 bits per heavy atom. The van der Waals surface area contributed by atoms with Crippen LogP contribution in [0.3, 0.4) is 0 Å². The van der Waals surface area contributed by atoms with Crippen molar-refractivity contribution in [2.45, 2.75) is 27.2 Å². The molecule has 0 aliphatic heterocycles. The van der Waals surface area contributed by atoms with E-state index >= 15 is 0 Å². The number of aromatic nitrogens is 1. The highest BCUT2D eigenvalue weighted by atomic mass is 16.5. The molecule has 0 radical (unpaired) electrons. The molecule has 0 fully saturated rings. The monoisotopic (exact) mass is 359 g/mol. The lowest BCUT2D eigenvalue weighted by Gasteiger charge is -2.22. The number of nitrogens with one attached hydrogen (secondary N) is 1. The minimum Gasteiger partial charge on any atom is -0.382 e. The Kier molecular flexibility index (Phi) is 7.35. The second-order valence-corrected chi connectivity index (χ2v) is 6.01. The maximum atomic E-state index is 12.8. The first-order valence-corrected chi connectivity index (χ1v) is 8.66. The molecule has 0 unspecified atom stereocenters. The number of carbonyl (C=O) groups is 2. The number of aryl methyl sites for hydroxylation is 2. The zero-order valence-corrected chi connectivity index (χ0v) is 15.4. The van der Waals surface area contributed by atoms with Gasteiger partial charge in [-0.2, -0.15) is 0 Å². The standard InChI is InChI=1S/C19H25N3O4/c1-4-25-11-5-10-22(19(24)16-8-6-14(2)7-9-16)13-18(23)20-17-12-15(3)26-21-17/h6-9,12H,4-5,10-11,13H2,1-3H3,(H,20,21,23). The van der Waals surface area contributed by atoms with E-state index in [9.17, 15) is 9.59 Å². The van der Waals surface area contributed by atoms with Crippen LogP contribution < -0.4 is 5.32 Å². The average molecular weight is 359 g/mol. The van der Waals surface area contributed by atoms with Crippen molar-refractivity contribution in [3.05, 3.63) is 47.2 Å². The zero-order valence-electron chi connectivity index (χ0n) is 15.4. The van der Waals surface area contributed by atoms with Gasteiger partial charge in [-0.25, -0.2) is 0 Å². The first-order valence-electron chi connectivity index (χ1n) is 8.66. The molecule has 0 saturated heterocycles. The maximum absolute atomic E-state index is 12.8. The van der Waals surface area contributed by atoms with E-state index in [0.717, 1.165) is 5.56 Å². The van der Waals surface area contributed by atoms with Crippen LogP contribution in [-0.2, 0) is 9.53 Å². The van der Waals surface area contributed by atoms with Gasteiger partial charge in [0.2, 0.25) is 5.91 Å². The van der Waals surface area contributed by atoms with Gasteiger partial charge in [0.15, 0.2) is 5.82 Å². The highest BCUT2D eigenvalue weighted by Gasteiger charge is 2.19. The summed E-state index contributed by atoms with van der Waals surface area (Å²) in [5.41, 5.74) is 1.63. The molecule has 2 aromatic rings. The van der Waals surface area contributed by atoms with E-state index in [-0.39, 0.29) is 18.4 Å². The molecule has 1 heterocycles. The van der Waals surface area contributed by atoms with Crippen LogP contribution in [0.2, 0.25) is 0 Å². The van der Waals surface area contributed by atoms with Crippen molar-refractivity contribution >= 4 is 17.6 Å². The molecular weight excluding hydrogens is 334 g/mol. The first-order chi connectivity index (χ1) is 12.5. The van der Waals surface area contributed by atoms with E-state index in [0.29, 0.717) is 43.3 Å². The number of rotatable bonds is 9. The van der Waals surface area contributed by atoms with Gasteiger partial charge < -0.3 is 19.5 Å². The smallest absolute Gasteiger partial charge is 0.254 e. The van der Waals surface area contributed by atoms with E-state index in [1.165, 1.54) is 4.90 Å². The van der Waals surface area contributed by atoms with Crippen LogP contribution in [0.4, 0.5) is 5.82 Å². The van der Waals surface area contributed by atoms with Crippen molar-refractivity contribution in [2.24, 2.45) is 0 Å². The fourth-order valence-electron chi connectivity index (χ4n) is 2.41. The molecule has 1 N–H and O–H groups in total. The molecule has 0 aliphatic carbocycles. The molecule has 1 aromatic heterocycles. The summed E-state index contributed by atoms with van der Waals surface area (Å²) in [7, 11) is 0. The van der Waals surface area contributed by atoms with Gasteiger partial charge in [0.05, 0.1) is 0 Å². The Bertz CT molecular complexity index is 725. The molecule has 1 aromatic carbocycles. The summed E-state index contributed by atoms with van der Waals surface area (Å²) >= 11 is 0. The van der Waals surface area contributed by atoms with Crippen molar-refractivity contribution in [3.63, 3.8) is 0 Å². The van der Waals surface area contributed by atoms with Crippen LogP contribution in [0.5, 0.6) is 0 Å². The van der Waals surface area contributed by atoms with Gasteiger partial charge >= 0.3 is 0 Å². The zero-order chi connectivity index (χ0) is 18.9. The number of benzene rings is 1. The van der Waals surface area contributed by atoms with Crippen molar-refractivity contribution in [1.82, 2.24) is 10.1 Å². The van der Waals surface area contributed by atoms with Crippen LogP contribution in [0.25, 0.3) is 0 Å². The number of carbonyl (C=O) groups excluding carboxylic acids is 2. The third-order valence-corrected chi connectivity index (χ3v) is 3.74. The van der Waals surface area contributed by atoms with Gasteiger partial charge in [0.1, 0.15) is 12.3 Å². The molecule has 0 saturated carbocycles. The number of anilines is 1. The summed E-state index contributed by atoms with van der Waals surface area (Å²) < 4.78 is 10.3. The largest absolute Gasteiger partial charge is 0.382 e. The quantitative estimate of drug-likeness (QED) is 0.696. The molecule has 2 rings (SSSR count). The molecule has 7 nitrogen and oxygen atoms in total. The van der Waals surface area contributed by atoms with Crippen molar-refractivity contribution in [2.75, 3.05) is 31.6 Å². The van der Waals surface area contributed by atoms with Gasteiger partial charge in [-0.1, -0.05) is 22.9 Å². The molecule has 0 spiro atoms. The Labute approximate surface area is 153 Å². The second-order valence-electron chi connectivity index (χ2n) is 6.01. The maximum Gasteiger partial charge on any atom is 0.254 e. The van der Waals surface area contributed by atoms with E-state index in [4.69, 9.17) is 9.26 Å². The summed E-state index contributed by atoms with van der Waals surface area (Å²) in [5.74, 6) is 0.428. The normalized spacial score (nSPS) is 10.6. The van der Waals surface area contributed by atoms with Crippen LogP contribution in [0.15, 0.2) is 34.9 Å². The molecule has 0 bridgehead atoms. The van der Waals surface area contributed by atoms with Crippen LogP contribution in [-0.4, -0.2) is 48.2 Å². The first kappa shape index (κ1) is 19.7. The Morgan fingerprint density at radius 2 is 1.96 bits per heavy atom. The van der Waals surface area contributed by atoms with Gasteiger partial charge in [-0.05, 0) is 39.3 Å². The second kappa shape index (κ2) is 9.72. The van der Waals surface area contributed by atoms with Crippen LogP contribution in [0.1, 0.15) is 35.0 Å². The molecule has 2 amide bonds. The highest BCUT2D eigenvalue weighted by Crippen LogP contribution is 2.10. The SMILES string of the molecule is CCOCCCN(CC(=O)Nc1cc(C)on1)C(=O)c1ccc(C)cc1. The molecular formula is C19H25N3O4. The van der Waals surface area contributed by atoms with E-state index in [1.54, 1.807) is 25.1 Å². The summed E-state index contributed by atoms with van der Waals surface area (Å²) in [4.78, 5) is 26.6. The summed E-state index contributed by atoms with van der Waals surface area (Å²) in [6.45, 7) is 7.15. The van der Waals surface area contributed by atoms with E-state index in [1.807, 2.05) is 26.0 Å². The lowest BCUT2D eigenvalue weighted by Crippen LogP contribution is -2.39. The van der Waals surface area contributed by atoms with Crippen molar-refractivity contribution < 1.29 is 18.8 Å².